The van der Waals surface area contributed by atoms with E-state index < -0.39 is 0 Å². The third-order valence-corrected chi connectivity index (χ3v) is 1.92. The van der Waals surface area contributed by atoms with E-state index in [1.165, 1.54) is 0 Å². The molecule has 0 aliphatic heterocycles. The fourth-order valence-electron chi connectivity index (χ4n) is 1.29. The van der Waals surface area contributed by atoms with E-state index in [0.717, 1.165) is 32.0 Å². The molecular formula is C7H10N2O. The first-order valence-electron chi connectivity index (χ1n) is 3.54. The molecule has 0 heterocycles. The first-order chi connectivity index (χ1) is 4.88. The second kappa shape index (κ2) is 3.28. The van der Waals surface area contributed by atoms with Gasteiger partial charge < -0.3 is 10.3 Å². The zero-order valence-electron chi connectivity index (χ0n) is 5.79. The molecule has 0 saturated heterocycles. The molecule has 3 nitrogen and oxygen atoms in total. The lowest BCUT2D eigenvalue weighted by Gasteiger charge is -2.10. The van der Waals surface area contributed by atoms with Gasteiger partial charge in [-0.25, -0.2) is 0 Å². The molecule has 1 aliphatic carbocycles. The lowest BCUT2D eigenvalue weighted by molar-refractivity contribution is -0.111. The molecular weight excluding hydrogens is 128 g/mol. The van der Waals surface area contributed by atoms with Crippen LogP contribution in [0.5, 0.6) is 0 Å². The fraction of sp³-hybridized carbons (Fsp3) is 0.714. The summed E-state index contributed by atoms with van der Waals surface area (Å²) < 4.78 is 0. The molecule has 1 atom stereocenters. The van der Waals surface area contributed by atoms with Crippen LogP contribution in [0.4, 0.5) is 0 Å². The molecule has 10 heavy (non-hydrogen) atoms. The van der Waals surface area contributed by atoms with Gasteiger partial charge in [0.2, 0.25) is 0 Å². The van der Waals surface area contributed by atoms with Crippen LogP contribution in [0.15, 0.2) is 0 Å². The lowest BCUT2D eigenvalue weighted by Crippen LogP contribution is -2.21. The summed E-state index contributed by atoms with van der Waals surface area (Å²) in [5.74, 6) is -0.112. The normalized spacial score (nSPS) is 25.6. The van der Waals surface area contributed by atoms with Crippen molar-refractivity contribution < 1.29 is 9.58 Å². The van der Waals surface area contributed by atoms with Crippen molar-refractivity contribution in [2.45, 2.75) is 25.7 Å². The van der Waals surface area contributed by atoms with E-state index >= 15 is 0 Å². The van der Waals surface area contributed by atoms with Crippen LogP contribution in [0, 0.1) is 5.92 Å². The third-order valence-electron chi connectivity index (χ3n) is 1.92. The third kappa shape index (κ3) is 1.31. The topological polar surface area (TPSA) is 53.5 Å². The van der Waals surface area contributed by atoms with Crippen molar-refractivity contribution in [3.8, 4) is 0 Å². The van der Waals surface area contributed by atoms with Gasteiger partial charge in [-0.2, -0.15) is 4.79 Å². The Labute approximate surface area is 59.7 Å². The first-order valence-corrected chi connectivity index (χ1v) is 3.54. The Morgan fingerprint density at radius 1 is 1.60 bits per heavy atom. The van der Waals surface area contributed by atoms with Gasteiger partial charge in [0.15, 0.2) is 0 Å². The van der Waals surface area contributed by atoms with E-state index in [-0.39, 0.29) is 5.92 Å². The largest absolute Gasteiger partial charge is 0.362 e. The number of hydrogen-bond acceptors (Lipinski definition) is 1. The second-order valence-electron chi connectivity index (χ2n) is 2.58. The summed E-state index contributed by atoms with van der Waals surface area (Å²) in [5.41, 5.74) is 9.08. The highest BCUT2D eigenvalue weighted by Gasteiger charge is 2.25. The highest BCUT2D eigenvalue weighted by molar-refractivity contribution is 5.94. The van der Waals surface area contributed by atoms with Crippen LogP contribution in [-0.4, -0.2) is 16.8 Å². The second-order valence-corrected chi connectivity index (χ2v) is 2.58. The monoisotopic (exact) mass is 138 g/mol. The lowest BCUT2D eigenvalue weighted by atomic mass is 9.88. The molecule has 1 aliphatic rings. The van der Waals surface area contributed by atoms with E-state index in [4.69, 9.17) is 5.53 Å². The van der Waals surface area contributed by atoms with E-state index in [2.05, 4.69) is 4.79 Å². The van der Waals surface area contributed by atoms with Crippen LogP contribution in [0.2, 0.25) is 0 Å². The van der Waals surface area contributed by atoms with Crippen LogP contribution >= 0.6 is 0 Å². The molecule has 0 aromatic rings. The number of aldehydes is 1. The standard InChI is InChI=1S/C7H10N2O/c8-9-7-4-2-1-3-6(7)5-10/h5-6H,1-4H2. The summed E-state index contributed by atoms with van der Waals surface area (Å²) in [5, 5.41) is 0. The van der Waals surface area contributed by atoms with Gasteiger partial charge in [-0.3, -0.25) is 0 Å². The molecule has 0 spiro atoms. The Kier molecular flexibility index (Phi) is 2.35. The van der Waals surface area contributed by atoms with Crippen LogP contribution in [0.1, 0.15) is 25.7 Å². The zero-order chi connectivity index (χ0) is 7.40. The van der Waals surface area contributed by atoms with Crippen molar-refractivity contribution in [1.82, 2.24) is 0 Å². The molecule has 1 fully saturated rings. The highest BCUT2D eigenvalue weighted by atomic mass is 16.1. The minimum absolute atomic E-state index is 0.112. The van der Waals surface area contributed by atoms with E-state index in [0.29, 0.717) is 5.71 Å². The predicted molar refractivity (Wildman–Crippen MR) is 36.6 cm³/mol. The van der Waals surface area contributed by atoms with Gasteiger partial charge >= 0.3 is 0 Å². The fourth-order valence-corrected chi connectivity index (χ4v) is 1.29. The maximum atomic E-state index is 10.3. The van der Waals surface area contributed by atoms with Gasteiger partial charge in [0.1, 0.15) is 12.2 Å². The van der Waals surface area contributed by atoms with Crippen molar-refractivity contribution >= 4 is 12.0 Å². The average molecular weight is 138 g/mol. The molecule has 0 amide bonds. The molecule has 0 aromatic heterocycles. The Bertz CT molecular complexity index is 182. The van der Waals surface area contributed by atoms with Crippen LogP contribution in [-0.2, 0) is 4.79 Å². The van der Waals surface area contributed by atoms with Crippen LogP contribution in [0.25, 0.3) is 5.53 Å². The summed E-state index contributed by atoms with van der Waals surface area (Å²) in [6.07, 6.45) is 4.61. The Hall–Kier alpha value is -0.950. The van der Waals surface area contributed by atoms with Crippen LogP contribution < -0.4 is 0 Å². The summed E-state index contributed by atoms with van der Waals surface area (Å²) in [7, 11) is 0. The molecule has 0 bridgehead atoms. The van der Waals surface area contributed by atoms with Crippen LogP contribution in [0.3, 0.4) is 0 Å². The smallest absolute Gasteiger partial charge is 0.278 e. The van der Waals surface area contributed by atoms with E-state index in [1.807, 2.05) is 0 Å². The van der Waals surface area contributed by atoms with Gasteiger partial charge in [0.25, 0.3) is 5.71 Å². The van der Waals surface area contributed by atoms with E-state index in [9.17, 15) is 4.79 Å². The SMILES string of the molecule is [N-]=[N+]=C1CCCCC1C=O. The molecule has 0 N–H and O–H groups in total. The average Bonchev–Trinajstić information content (AvgIpc) is 2.04. The van der Waals surface area contributed by atoms with Gasteiger partial charge in [0.05, 0.1) is 0 Å². The van der Waals surface area contributed by atoms with Gasteiger partial charge in [0, 0.05) is 6.42 Å². The van der Waals surface area contributed by atoms with E-state index in [1.54, 1.807) is 0 Å². The molecule has 1 rings (SSSR count). The summed E-state index contributed by atoms with van der Waals surface area (Å²) >= 11 is 0. The Balaban J connectivity index is 2.68. The molecule has 1 unspecified atom stereocenters. The van der Waals surface area contributed by atoms with Crippen molar-refractivity contribution in [2.24, 2.45) is 5.92 Å². The highest BCUT2D eigenvalue weighted by Crippen LogP contribution is 2.18. The quantitative estimate of drug-likeness (QED) is 0.303. The molecule has 0 radical (unpaired) electrons. The van der Waals surface area contributed by atoms with Crippen molar-refractivity contribution in [3.05, 3.63) is 5.53 Å². The summed E-state index contributed by atoms with van der Waals surface area (Å²) in [6.45, 7) is 0. The number of rotatable bonds is 1. The number of hydrogen-bond donors (Lipinski definition) is 0. The Morgan fingerprint density at radius 3 is 2.90 bits per heavy atom. The predicted octanol–water partition coefficient (Wildman–Crippen LogP) is 1.05. The number of carbonyl (C=O) groups is 1. The van der Waals surface area contributed by atoms with Crippen molar-refractivity contribution in [1.29, 1.82) is 0 Å². The zero-order valence-corrected chi connectivity index (χ0v) is 5.79. The van der Waals surface area contributed by atoms with Gasteiger partial charge in [-0.15, -0.1) is 0 Å². The minimum atomic E-state index is -0.112. The minimum Gasteiger partial charge on any atom is -0.362 e. The molecule has 3 heteroatoms. The molecule has 1 saturated carbocycles. The number of carbonyl (C=O) groups excluding carboxylic acids is 1. The summed E-state index contributed by atoms with van der Waals surface area (Å²) in [4.78, 5) is 13.4. The number of nitrogens with zero attached hydrogens (tertiary/aromatic N) is 2. The van der Waals surface area contributed by atoms with Crippen molar-refractivity contribution in [3.63, 3.8) is 0 Å². The summed E-state index contributed by atoms with van der Waals surface area (Å²) in [6, 6.07) is 0. The maximum absolute atomic E-state index is 10.3. The Morgan fingerprint density at radius 2 is 2.40 bits per heavy atom. The van der Waals surface area contributed by atoms with Gasteiger partial charge in [-0.1, -0.05) is 6.42 Å². The molecule has 0 aromatic carbocycles. The van der Waals surface area contributed by atoms with Crippen molar-refractivity contribution in [2.75, 3.05) is 0 Å². The molecule has 54 valence electrons. The van der Waals surface area contributed by atoms with Gasteiger partial charge in [-0.05, 0) is 12.8 Å². The first kappa shape index (κ1) is 7.16. The maximum Gasteiger partial charge on any atom is 0.278 e.